The number of benzene rings is 1. The van der Waals surface area contributed by atoms with Crippen LogP contribution in [0.4, 0.5) is 0 Å². The third-order valence-corrected chi connectivity index (χ3v) is 3.28. The summed E-state index contributed by atoms with van der Waals surface area (Å²) in [5.74, 6) is 0.135. The van der Waals surface area contributed by atoms with Crippen molar-refractivity contribution in [2.24, 2.45) is 0 Å². The molecule has 1 N–H and O–H groups in total. The number of halogens is 1. The zero-order valence-electron chi connectivity index (χ0n) is 8.01. The van der Waals surface area contributed by atoms with Gasteiger partial charge < -0.3 is 5.32 Å². The first-order valence-electron chi connectivity index (χ1n) is 4.67. The highest BCUT2D eigenvalue weighted by Crippen LogP contribution is 2.48. The minimum absolute atomic E-state index is 0.135. The number of nitrogens with one attached hydrogen (secondary N) is 1. The fourth-order valence-corrected chi connectivity index (χ4v) is 2.20. The summed E-state index contributed by atoms with van der Waals surface area (Å²) >= 11 is 3.42. The Morgan fingerprint density at radius 1 is 1.50 bits per heavy atom. The van der Waals surface area contributed by atoms with Gasteiger partial charge in [0.15, 0.2) is 0 Å². The van der Waals surface area contributed by atoms with Crippen LogP contribution in [0.2, 0.25) is 0 Å². The van der Waals surface area contributed by atoms with Gasteiger partial charge in [-0.25, -0.2) is 0 Å². The fraction of sp³-hybridized carbons (Fsp3) is 0.364. The second kappa shape index (κ2) is 3.39. The summed E-state index contributed by atoms with van der Waals surface area (Å²) in [6, 6.07) is 8.00. The first-order chi connectivity index (χ1) is 6.69. The summed E-state index contributed by atoms with van der Waals surface area (Å²) in [4.78, 5) is 11.7. The molecule has 1 aromatic carbocycles. The Bertz CT molecular complexity index is 371. The van der Waals surface area contributed by atoms with Gasteiger partial charge in [0.05, 0.1) is 5.41 Å². The van der Waals surface area contributed by atoms with Gasteiger partial charge >= 0.3 is 0 Å². The van der Waals surface area contributed by atoms with Crippen molar-refractivity contribution in [1.29, 1.82) is 0 Å². The number of carbonyl (C=O) groups is 1. The topological polar surface area (TPSA) is 29.1 Å². The van der Waals surface area contributed by atoms with Gasteiger partial charge in [-0.05, 0) is 30.5 Å². The van der Waals surface area contributed by atoms with Crippen molar-refractivity contribution in [3.8, 4) is 0 Å². The van der Waals surface area contributed by atoms with Crippen LogP contribution in [0.25, 0.3) is 0 Å². The molecule has 0 unspecified atom stereocenters. The predicted octanol–water partition coefficient (Wildman–Crippen LogP) is 2.23. The van der Waals surface area contributed by atoms with Crippen molar-refractivity contribution in [3.63, 3.8) is 0 Å². The Morgan fingerprint density at radius 3 is 2.71 bits per heavy atom. The molecule has 1 aromatic rings. The Labute approximate surface area is 91.8 Å². The van der Waals surface area contributed by atoms with Crippen LogP contribution in [-0.4, -0.2) is 13.0 Å². The van der Waals surface area contributed by atoms with Crippen LogP contribution in [0.5, 0.6) is 0 Å². The maximum Gasteiger partial charge on any atom is 0.230 e. The molecule has 74 valence electrons. The molecule has 3 heteroatoms. The van der Waals surface area contributed by atoms with E-state index in [9.17, 15) is 4.79 Å². The smallest absolute Gasteiger partial charge is 0.230 e. The molecule has 1 aliphatic carbocycles. The lowest BCUT2D eigenvalue weighted by atomic mass is 9.95. The Balaban J connectivity index is 2.35. The number of amides is 1. The van der Waals surface area contributed by atoms with Crippen LogP contribution in [0.3, 0.4) is 0 Å². The van der Waals surface area contributed by atoms with Gasteiger partial charge in [0.1, 0.15) is 0 Å². The largest absolute Gasteiger partial charge is 0.358 e. The Morgan fingerprint density at radius 2 is 2.21 bits per heavy atom. The minimum Gasteiger partial charge on any atom is -0.358 e. The van der Waals surface area contributed by atoms with Gasteiger partial charge in [-0.2, -0.15) is 0 Å². The van der Waals surface area contributed by atoms with E-state index in [1.807, 2.05) is 24.3 Å². The maximum absolute atomic E-state index is 11.7. The van der Waals surface area contributed by atoms with E-state index in [-0.39, 0.29) is 11.3 Å². The van der Waals surface area contributed by atoms with Crippen LogP contribution in [-0.2, 0) is 10.2 Å². The first kappa shape index (κ1) is 9.71. The molecule has 0 heterocycles. The number of hydrogen-bond acceptors (Lipinski definition) is 1. The Hall–Kier alpha value is -0.830. The summed E-state index contributed by atoms with van der Waals surface area (Å²) in [7, 11) is 1.69. The molecule has 2 nitrogen and oxygen atoms in total. The number of rotatable bonds is 2. The van der Waals surface area contributed by atoms with Gasteiger partial charge in [-0.3, -0.25) is 4.79 Å². The van der Waals surface area contributed by atoms with Gasteiger partial charge in [-0.1, -0.05) is 28.1 Å². The van der Waals surface area contributed by atoms with E-state index in [1.165, 1.54) is 0 Å². The van der Waals surface area contributed by atoms with Gasteiger partial charge in [-0.15, -0.1) is 0 Å². The molecular formula is C11H12BrNO. The molecule has 0 aliphatic heterocycles. The monoisotopic (exact) mass is 253 g/mol. The van der Waals surface area contributed by atoms with E-state index in [1.54, 1.807) is 7.05 Å². The quantitative estimate of drug-likeness (QED) is 0.861. The molecule has 0 atom stereocenters. The van der Waals surface area contributed by atoms with Crippen LogP contribution >= 0.6 is 15.9 Å². The molecule has 1 aliphatic rings. The van der Waals surface area contributed by atoms with Crippen LogP contribution in [0, 0.1) is 0 Å². The molecule has 0 aromatic heterocycles. The molecule has 0 spiro atoms. The van der Waals surface area contributed by atoms with Crippen molar-refractivity contribution >= 4 is 21.8 Å². The molecule has 2 rings (SSSR count). The van der Waals surface area contributed by atoms with E-state index in [2.05, 4.69) is 21.2 Å². The highest BCUT2D eigenvalue weighted by atomic mass is 79.9. The Kier molecular flexibility index (Phi) is 2.35. The molecule has 0 saturated heterocycles. The standard InChI is InChI=1S/C11H12BrNO/c1-13-10(14)11(5-6-11)8-3-2-4-9(12)7-8/h2-4,7H,5-6H2,1H3,(H,13,14). The third kappa shape index (κ3) is 1.46. The predicted molar refractivity (Wildman–Crippen MR) is 59.1 cm³/mol. The summed E-state index contributed by atoms with van der Waals surface area (Å²) in [6.45, 7) is 0. The maximum atomic E-state index is 11.7. The van der Waals surface area contributed by atoms with Crippen LogP contribution in [0.15, 0.2) is 28.7 Å². The average Bonchev–Trinajstić information content (AvgIpc) is 2.97. The van der Waals surface area contributed by atoms with Crippen LogP contribution < -0.4 is 5.32 Å². The minimum atomic E-state index is -0.238. The van der Waals surface area contributed by atoms with Crippen molar-refractivity contribution in [2.75, 3.05) is 7.05 Å². The lowest BCUT2D eigenvalue weighted by molar-refractivity contribution is -0.123. The van der Waals surface area contributed by atoms with E-state index in [4.69, 9.17) is 0 Å². The molecular weight excluding hydrogens is 242 g/mol. The SMILES string of the molecule is CNC(=O)C1(c2cccc(Br)c2)CC1. The number of carbonyl (C=O) groups excluding carboxylic acids is 1. The third-order valence-electron chi connectivity index (χ3n) is 2.79. The summed E-state index contributed by atoms with van der Waals surface area (Å²) in [5, 5.41) is 2.73. The highest BCUT2D eigenvalue weighted by molar-refractivity contribution is 9.10. The zero-order valence-corrected chi connectivity index (χ0v) is 9.60. The second-order valence-corrected chi connectivity index (χ2v) is 4.59. The normalized spacial score (nSPS) is 17.6. The van der Waals surface area contributed by atoms with E-state index < -0.39 is 0 Å². The summed E-state index contributed by atoms with van der Waals surface area (Å²) in [6.07, 6.45) is 1.92. The van der Waals surface area contributed by atoms with Crippen molar-refractivity contribution in [1.82, 2.24) is 5.32 Å². The van der Waals surface area contributed by atoms with Crippen LogP contribution in [0.1, 0.15) is 18.4 Å². The average molecular weight is 254 g/mol. The van der Waals surface area contributed by atoms with Crippen molar-refractivity contribution in [2.45, 2.75) is 18.3 Å². The van der Waals surface area contributed by atoms with Gasteiger partial charge in [0.25, 0.3) is 0 Å². The number of hydrogen-bond donors (Lipinski definition) is 1. The highest BCUT2D eigenvalue weighted by Gasteiger charge is 2.50. The molecule has 1 amide bonds. The molecule has 1 fully saturated rings. The van der Waals surface area contributed by atoms with Gasteiger partial charge in [0, 0.05) is 11.5 Å². The van der Waals surface area contributed by atoms with Gasteiger partial charge in [0.2, 0.25) is 5.91 Å². The molecule has 1 saturated carbocycles. The molecule has 14 heavy (non-hydrogen) atoms. The van der Waals surface area contributed by atoms with E-state index in [0.29, 0.717) is 0 Å². The van der Waals surface area contributed by atoms with Crippen molar-refractivity contribution in [3.05, 3.63) is 34.3 Å². The van der Waals surface area contributed by atoms with E-state index >= 15 is 0 Å². The lowest BCUT2D eigenvalue weighted by Crippen LogP contribution is -2.31. The second-order valence-electron chi connectivity index (χ2n) is 3.67. The summed E-state index contributed by atoms with van der Waals surface area (Å²) < 4.78 is 1.03. The molecule has 0 bridgehead atoms. The lowest BCUT2D eigenvalue weighted by Gasteiger charge is -2.13. The zero-order chi connectivity index (χ0) is 10.2. The summed E-state index contributed by atoms with van der Waals surface area (Å²) in [5.41, 5.74) is 0.879. The van der Waals surface area contributed by atoms with E-state index in [0.717, 1.165) is 22.9 Å². The molecule has 0 radical (unpaired) electrons. The fourth-order valence-electron chi connectivity index (χ4n) is 1.80. The number of likely N-dealkylation sites (N-methyl/N-ethyl adjacent to an activating group) is 1. The first-order valence-corrected chi connectivity index (χ1v) is 5.46. The van der Waals surface area contributed by atoms with Crippen molar-refractivity contribution < 1.29 is 4.79 Å².